The number of hydrogen-bond donors (Lipinski definition) is 1. The molecule has 1 amide bonds. The summed E-state index contributed by atoms with van der Waals surface area (Å²) in [4.78, 5) is 26.8. The van der Waals surface area contributed by atoms with Gasteiger partial charge in [-0.25, -0.2) is 0 Å². The fourth-order valence-corrected chi connectivity index (χ4v) is 5.06. The molecule has 4 rings (SSSR count). The lowest BCUT2D eigenvalue weighted by atomic mass is 10.2. The summed E-state index contributed by atoms with van der Waals surface area (Å²) in [5.41, 5.74) is 1.20. The van der Waals surface area contributed by atoms with Gasteiger partial charge in [0.2, 0.25) is 0 Å². The first-order valence-electron chi connectivity index (χ1n) is 11.3. The van der Waals surface area contributed by atoms with Crippen molar-refractivity contribution >= 4 is 50.5 Å². The zero-order valence-electron chi connectivity index (χ0n) is 20.0. The first-order chi connectivity index (χ1) is 17.9. The van der Waals surface area contributed by atoms with E-state index < -0.39 is 5.91 Å². The molecule has 0 radical (unpaired) electrons. The minimum Gasteiger partial charge on any atom is -0.497 e. The van der Waals surface area contributed by atoms with Crippen molar-refractivity contribution in [1.29, 1.82) is 5.26 Å². The number of thiazole rings is 1. The summed E-state index contributed by atoms with van der Waals surface area (Å²) in [6, 6.07) is 23.2. The average Bonchev–Trinajstić information content (AvgIpc) is 3.22. The number of carbonyl (C=O) groups is 1. The van der Waals surface area contributed by atoms with Crippen LogP contribution in [0.5, 0.6) is 11.5 Å². The Hall–Kier alpha value is -4.13. The Morgan fingerprint density at radius 2 is 1.86 bits per heavy atom. The number of benzene rings is 3. The summed E-state index contributed by atoms with van der Waals surface area (Å²) in [6.45, 7) is 2.34. The molecule has 0 spiro atoms. The summed E-state index contributed by atoms with van der Waals surface area (Å²) in [5.74, 6) is 0.633. The molecule has 0 fully saturated rings. The Labute approximate surface area is 225 Å². The highest BCUT2D eigenvalue weighted by Gasteiger charge is 2.17. The van der Waals surface area contributed by atoms with Gasteiger partial charge in [0.25, 0.3) is 11.5 Å². The zero-order valence-corrected chi connectivity index (χ0v) is 22.4. The van der Waals surface area contributed by atoms with Crippen LogP contribution < -0.4 is 29.5 Å². The highest BCUT2D eigenvalue weighted by molar-refractivity contribution is 9.10. The maximum Gasteiger partial charge on any atom is 0.273 e. The summed E-state index contributed by atoms with van der Waals surface area (Å²) < 4.78 is 13.7. The summed E-state index contributed by atoms with van der Waals surface area (Å²) in [5, 5.41) is 12.7. The maximum absolute atomic E-state index is 13.6. The fraction of sp³-hybridized carbons (Fsp3) is 0.107. The number of carbonyl (C=O) groups excluding carboxylic acids is 1. The Bertz CT molecular complexity index is 1650. The second-order valence-corrected chi connectivity index (χ2v) is 9.62. The maximum atomic E-state index is 13.6. The van der Waals surface area contributed by atoms with Gasteiger partial charge in [-0.2, -0.15) is 5.26 Å². The topological polar surface area (TPSA) is 93.3 Å². The number of amides is 1. The van der Waals surface area contributed by atoms with E-state index in [1.54, 1.807) is 61.7 Å². The first-order valence-corrected chi connectivity index (χ1v) is 12.9. The highest BCUT2D eigenvalue weighted by Crippen LogP contribution is 2.24. The second kappa shape index (κ2) is 11.7. The normalized spacial score (nSPS) is 12.0. The van der Waals surface area contributed by atoms with Crippen LogP contribution in [0.15, 0.2) is 82.1 Å². The molecule has 7 nitrogen and oxygen atoms in total. The van der Waals surface area contributed by atoms with Crippen LogP contribution in [0.1, 0.15) is 12.5 Å². The van der Waals surface area contributed by atoms with Crippen molar-refractivity contribution in [3.63, 3.8) is 0 Å². The zero-order chi connectivity index (χ0) is 26.4. The van der Waals surface area contributed by atoms with Crippen molar-refractivity contribution < 1.29 is 14.3 Å². The number of nitriles is 1. The van der Waals surface area contributed by atoms with Gasteiger partial charge in [-0.3, -0.25) is 14.2 Å². The average molecular weight is 576 g/mol. The van der Waals surface area contributed by atoms with Crippen LogP contribution in [-0.4, -0.2) is 24.2 Å². The minimum atomic E-state index is -0.623. The molecule has 1 N–H and O–H groups in total. The van der Waals surface area contributed by atoms with E-state index in [2.05, 4.69) is 21.2 Å². The summed E-state index contributed by atoms with van der Waals surface area (Å²) >= 11 is 4.54. The van der Waals surface area contributed by atoms with Crippen molar-refractivity contribution in [2.24, 2.45) is 0 Å². The van der Waals surface area contributed by atoms with Gasteiger partial charge < -0.3 is 14.8 Å². The van der Waals surface area contributed by atoms with Crippen LogP contribution in [-0.2, 0) is 4.79 Å². The van der Waals surface area contributed by atoms with E-state index in [0.29, 0.717) is 39.6 Å². The number of rotatable bonds is 7. The number of hydrogen-bond acceptors (Lipinski definition) is 6. The SMILES string of the molecule is CCOc1ccc(Br)cc1C=c1sc(=C(C#N)C(=O)Nc2ccc(OC)cc2)n(-c2ccccc2)c1=O. The largest absolute Gasteiger partial charge is 0.497 e. The van der Waals surface area contributed by atoms with Gasteiger partial charge in [0.1, 0.15) is 22.2 Å². The van der Waals surface area contributed by atoms with Crippen molar-refractivity contribution in [2.45, 2.75) is 6.92 Å². The van der Waals surface area contributed by atoms with Crippen molar-refractivity contribution in [2.75, 3.05) is 19.0 Å². The molecular formula is C28H22BrN3O4S. The predicted octanol–water partition coefficient (Wildman–Crippen LogP) is 4.21. The van der Waals surface area contributed by atoms with Gasteiger partial charge in [-0.1, -0.05) is 34.1 Å². The molecule has 9 heteroatoms. The van der Waals surface area contributed by atoms with Crippen LogP contribution in [0.4, 0.5) is 5.69 Å². The molecule has 37 heavy (non-hydrogen) atoms. The molecule has 0 saturated carbocycles. The van der Waals surface area contributed by atoms with Gasteiger partial charge in [0.15, 0.2) is 5.57 Å². The molecule has 0 bridgehead atoms. The number of halogens is 1. The molecule has 4 aromatic rings. The Kier molecular flexibility index (Phi) is 8.23. The standard InChI is InChI=1S/C28H22BrN3O4S/c1-3-36-24-14-9-19(29)15-18(24)16-25-27(34)32(21-7-5-4-6-8-21)28(37-25)23(17-30)26(33)31-20-10-12-22(35-2)13-11-20/h4-16H,3H2,1-2H3,(H,31,33). The molecule has 0 saturated heterocycles. The molecule has 0 aliphatic heterocycles. The third kappa shape index (κ3) is 5.82. The van der Waals surface area contributed by atoms with Crippen LogP contribution >= 0.6 is 27.3 Å². The molecule has 3 aromatic carbocycles. The lowest BCUT2D eigenvalue weighted by Crippen LogP contribution is -2.32. The number of nitrogens with one attached hydrogen (secondary N) is 1. The van der Waals surface area contributed by atoms with E-state index in [9.17, 15) is 14.9 Å². The number of para-hydroxylation sites is 1. The van der Waals surface area contributed by atoms with Crippen LogP contribution in [0.25, 0.3) is 17.3 Å². The smallest absolute Gasteiger partial charge is 0.273 e. The van der Waals surface area contributed by atoms with Gasteiger partial charge in [-0.05, 0) is 67.6 Å². The third-order valence-electron chi connectivity index (χ3n) is 5.30. The van der Waals surface area contributed by atoms with Gasteiger partial charge in [-0.15, -0.1) is 11.3 Å². The highest BCUT2D eigenvalue weighted by atomic mass is 79.9. The Balaban J connectivity index is 1.93. The lowest BCUT2D eigenvalue weighted by Gasteiger charge is -2.07. The third-order valence-corrected chi connectivity index (χ3v) is 6.88. The van der Waals surface area contributed by atoms with Crippen LogP contribution in [0.3, 0.4) is 0 Å². The molecule has 0 aliphatic carbocycles. The quantitative estimate of drug-likeness (QED) is 0.356. The molecule has 0 aliphatic rings. The molecule has 186 valence electrons. The number of methoxy groups -OCH3 is 1. The number of nitrogens with zero attached hydrogens (tertiary/aromatic N) is 2. The second-order valence-electron chi connectivity index (χ2n) is 7.68. The number of anilines is 1. The monoisotopic (exact) mass is 575 g/mol. The van der Waals surface area contributed by atoms with E-state index in [1.165, 1.54) is 4.57 Å². The van der Waals surface area contributed by atoms with Gasteiger partial charge >= 0.3 is 0 Å². The fourth-order valence-electron chi connectivity index (χ4n) is 3.59. The molecule has 1 aromatic heterocycles. The Morgan fingerprint density at radius 3 is 2.51 bits per heavy atom. The van der Waals surface area contributed by atoms with Crippen molar-refractivity contribution in [3.05, 3.63) is 102 Å². The Morgan fingerprint density at radius 1 is 1.14 bits per heavy atom. The summed E-state index contributed by atoms with van der Waals surface area (Å²) in [6.07, 6.45) is 1.71. The van der Waals surface area contributed by atoms with Crippen molar-refractivity contribution in [3.8, 4) is 23.3 Å². The van der Waals surface area contributed by atoms with Crippen LogP contribution in [0.2, 0.25) is 0 Å². The van der Waals surface area contributed by atoms with Crippen LogP contribution in [0, 0.1) is 11.3 Å². The minimum absolute atomic E-state index is 0.180. The van der Waals surface area contributed by atoms with E-state index >= 15 is 0 Å². The summed E-state index contributed by atoms with van der Waals surface area (Å²) in [7, 11) is 1.55. The predicted molar refractivity (Wildman–Crippen MR) is 149 cm³/mol. The van der Waals surface area contributed by atoms with E-state index in [4.69, 9.17) is 9.47 Å². The lowest BCUT2D eigenvalue weighted by molar-refractivity contribution is -0.111. The van der Waals surface area contributed by atoms with E-state index in [0.717, 1.165) is 15.8 Å². The van der Waals surface area contributed by atoms with Crippen molar-refractivity contribution in [1.82, 2.24) is 4.57 Å². The molecule has 1 heterocycles. The van der Waals surface area contributed by atoms with Gasteiger partial charge in [0, 0.05) is 15.7 Å². The molecule has 0 unspecified atom stereocenters. The molecule has 0 atom stereocenters. The first kappa shape index (κ1) is 25.9. The number of aromatic nitrogens is 1. The molecular weight excluding hydrogens is 554 g/mol. The van der Waals surface area contributed by atoms with E-state index in [-0.39, 0.29) is 15.8 Å². The van der Waals surface area contributed by atoms with Gasteiger partial charge in [0.05, 0.1) is 23.9 Å². The number of ether oxygens (including phenoxy) is 2. The van der Waals surface area contributed by atoms with E-state index in [1.807, 2.05) is 37.3 Å².